The van der Waals surface area contributed by atoms with Gasteiger partial charge in [0.15, 0.2) is 0 Å². The number of ether oxygens (including phenoxy) is 1. The Labute approximate surface area is 141 Å². The molecule has 1 aromatic heterocycles. The SMILES string of the molecule is Cc1c(C(=O)N(C)CC[C@@H]2CCCCO2)[nH]c2ccc(Cl)cc12. The number of aromatic amines is 1. The minimum atomic E-state index is 0.0191. The Hall–Kier alpha value is -1.52. The van der Waals surface area contributed by atoms with Crippen LogP contribution in [0.25, 0.3) is 10.9 Å². The molecular formula is C18H23ClN2O2. The van der Waals surface area contributed by atoms with Gasteiger partial charge in [-0.05, 0) is 56.4 Å². The van der Waals surface area contributed by atoms with Crippen LogP contribution >= 0.6 is 11.6 Å². The molecule has 0 spiro atoms. The van der Waals surface area contributed by atoms with Crippen LogP contribution in [0.4, 0.5) is 0 Å². The summed E-state index contributed by atoms with van der Waals surface area (Å²) < 4.78 is 5.74. The van der Waals surface area contributed by atoms with Gasteiger partial charge in [0, 0.05) is 36.1 Å². The number of benzene rings is 1. The lowest BCUT2D eigenvalue weighted by Gasteiger charge is -2.25. The third kappa shape index (κ3) is 3.54. The molecule has 23 heavy (non-hydrogen) atoms. The van der Waals surface area contributed by atoms with Gasteiger partial charge in [-0.3, -0.25) is 4.79 Å². The fourth-order valence-corrected chi connectivity index (χ4v) is 3.35. The van der Waals surface area contributed by atoms with E-state index in [9.17, 15) is 4.79 Å². The molecule has 0 bridgehead atoms. The highest BCUT2D eigenvalue weighted by atomic mass is 35.5. The Bertz CT molecular complexity index is 704. The van der Waals surface area contributed by atoms with Crippen LogP contribution in [0, 0.1) is 6.92 Å². The molecule has 1 atom stereocenters. The number of amides is 1. The van der Waals surface area contributed by atoms with Gasteiger partial charge in [-0.1, -0.05) is 11.6 Å². The lowest BCUT2D eigenvalue weighted by Crippen LogP contribution is -2.32. The highest BCUT2D eigenvalue weighted by Gasteiger charge is 2.20. The maximum absolute atomic E-state index is 12.7. The molecule has 5 heteroatoms. The van der Waals surface area contributed by atoms with E-state index in [2.05, 4.69) is 4.98 Å². The van der Waals surface area contributed by atoms with E-state index in [4.69, 9.17) is 16.3 Å². The van der Waals surface area contributed by atoms with E-state index in [0.717, 1.165) is 42.3 Å². The first kappa shape index (κ1) is 16.3. The first-order valence-electron chi connectivity index (χ1n) is 8.21. The summed E-state index contributed by atoms with van der Waals surface area (Å²) in [5, 5.41) is 1.69. The third-order valence-corrected chi connectivity index (χ3v) is 4.88. The number of aromatic nitrogens is 1. The number of aryl methyl sites for hydroxylation is 1. The minimum absolute atomic E-state index is 0.0191. The van der Waals surface area contributed by atoms with Crippen LogP contribution in [0.1, 0.15) is 41.7 Å². The smallest absolute Gasteiger partial charge is 0.270 e. The Morgan fingerprint density at radius 3 is 3.00 bits per heavy atom. The normalized spacial score (nSPS) is 18.3. The number of nitrogens with one attached hydrogen (secondary N) is 1. The van der Waals surface area contributed by atoms with Crippen LogP contribution in [-0.4, -0.2) is 42.1 Å². The predicted molar refractivity (Wildman–Crippen MR) is 93.2 cm³/mol. The fraction of sp³-hybridized carbons (Fsp3) is 0.500. The Morgan fingerprint density at radius 1 is 1.43 bits per heavy atom. The first-order chi connectivity index (χ1) is 11.1. The topological polar surface area (TPSA) is 45.3 Å². The molecule has 0 saturated carbocycles. The third-order valence-electron chi connectivity index (χ3n) is 4.64. The maximum atomic E-state index is 12.7. The highest BCUT2D eigenvalue weighted by molar-refractivity contribution is 6.31. The second-order valence-electron chi connectivity index (χ2n) is 6.32. The molecule has 4 nitrogen and oxygen atoms in total. The standard InChI is InChI=1S/C18H23ClN2O2/c1-12-15-11-13(19)6-7-16(15)20-17(12)18(22)21(2)9-8-14-5-3-4-10-23-14/h6-7,11,14,20H,3-5,8-10H2,1-2H3/t14-/m0/s1. The number of hydrogen-bond donors (Lipinski definition) is 1. The molecule has 124 valence electrons. The molecule has 0 radical (unpaired) electrons. The second kappa shape index (κ2) is 6.93. The Balaban J connectivity index is 1.70. The van der Waals surface area contributed by atoms with Gasteiger partial charge < -0.3 is 14.6 Å². The van der Waals surface area contributed by atoms with Crippen LogP contribution in [0.3, 0.4) is 0 Å². The minimum Gasteiger partial charge on any atom is -0.378 e. The summed E-state index contributed by atoms with van der Waals surface area (Å²) in [4.78, 5) is 17.7. The van der Waals surface area contributed by atoms with Gasteiger partial charge in [-0.2, -0.15) is 0 Å². The van der Waals surface area contributed by atoms with E-state index < -0.39 is 0 Å². The number of H-pyrrole nitrogens is 1. The van der Waals surface area contributed by atoms with E-state index in [0.29, 0.717) is 23.4 Å². The number of carbonyl (C=O) groups excluding carboxylic acids is 1. The van der Waals surface area contributed by atoms with Crippen molar-refractivity contribution in [2.75, 3.05) is 20.2 Å². The van der Waals surface area contributed by atoms with Crippen molar-refractivity contribution in [1.82, 2.24) is 9.88 Å². The zero-order chi connectivity index (χ0) is 16.4. The molecule has 1 aliphatic rings. The van der Waals surface area contributed by atoms with E-state index in [-0.39, 0.29) is 5.91 Å². The summed E-state index contributed by atoms with van der Waals surface area (Å²) >= 11 is 6.05. The summed E-state index contributed by atoms with van der Waals surface area (Å²) in [6.45, 7) is 3.52. The Morgan fingerprint density at radius 2 is 2.26 bits per heavy atom. The van der Waals surface area contributed by atoms with Gasteiger partial charge in [0.05, 0.1) is 6.10 Å². The quantitative estimate of drug-likeness (QED) is 0.912. The van der Waals surface area contributed by atoms with Crippen molar-refractivity contribution >= 4 is 28.4 Å². The van der Waals surface area contributed by atoms with Gasteiger partial charge in [-0.15, -0.1) is 0 Å². The predicted octanol–water partition coefficient (Wildman–Crippen LogP) is 4.16. The van der Waals surface area contributed by atoms with Gasteiger partial charge >= 0.3 is 0 Å². The van der Waals surface area contributed by atoms with E-state index in [1.165, 1.54) is 6.42 Å². The lowest BCUT2D eigenvalue weighted by atomic mass is 10.1. The lowest BCUT2D eigenvalue weighted by molar-refractivity contribution is 0.00706. The molecule has 0 aliphatic carbocycles. The number of rotatable bonds is 4. The molecule has 1 N–H and O–H groups in total. The average Bonchev–Trinajstić information content (AvgIpc) is 2.89. The van der Waals surface area contributed by atoms with Crippen molar-refractivity contribution in [2.45, 2.75) is 38.7 Å². The molecule has 0 unspecified atom stereocenters. The van der Waals surface area contributed by atoms with E-state index in [1.807, 2.05) is 32.2 Å². The maximum Gasteiger partial charge on any atom is 0.270 e. The molecule has 1 aliphatic heterocycles. The molecule has 1 amide bonds. The number of carbonyl (C=O) groups is 1. The van der Waals surface area contributed by atoms with Gasteiger partial charge in [0.25, 0.3) is 5.91 Å². The number of fused-ring (bicyclic) bond motifs is 1. The zero-order valence-electron chi connectivity index (χ0n) is 13.7. The molecule has 1 aromatic carbocycles. The van der Waals surface area contributed by atoms with Crippen LogP contribution in [0.15, 0.2) is 18.2 Å². The van der Waals surface area contributed by atoms with Crippen LogP contribution in [-0.2, 0) is 4.74 Å². The van der Waals surface area contributed by atoms with Crippen LogP contribution in [0.2, 0.25) is 5.02 Å². The van der Waals surface area contributed by atoms with Crippen LogP contribution in [0.5, 0.6) is 0 Å². The monoisotopic (exact) mass is 334 g/mol. The molecule has 3 rings (SSSR count). The van der Waals surface area contributed by atoms with Crippen molar-refractivity contribution in [2.24, 2.45) is 0 Å². The molecular weight excluding hydrogens is 312 g/mol. The summed E-state index contributed by atoms with van der Waals surface area (Å²) in [6, 6.07) is 5.64. The zero-order valence-corrected chi connectivity index (χ0v) is 14.4. The van der Waals surface area contributed by atoms with Crippen molar-refractivity contribution < 1.29 is 9.53 Å². The number of halogens is 1. The summed E-state index contributed by atoms with van der Waals surface area (Å²) in [5.74, 6) is 0.0191. The van der Waals surface area contributed by atoms with E-state index >= 15 is 0 Å². The first-order valence-corrected chi connectivity index (χ1v) is 8.59. The van der Waals surface area contributed by atoms with Gasteiger partial charge in [-0.25, -0.2) is 0 Å². The number of nitrogens with zero attached hydrogens (tertiary/aromatic N) is 1. The highest BCUT2D eigenvalue weighted by Crippen LogP contribution is 2.25. The molecule has 1 fully saturated rings. The van der Waals surface area contributed by atoms with Gasteiger partial charge in [0.1, 0.15) is 5.69 Å². The van der Waals surface area contributed by atoms with Crippen molar-refractivity contribution in [3.05, 3.63) is 34.5 Å². The van der Waals surface area contributed by atoms with Crippen molar-refractivity contribution in [1.29, 1.82) is 0 Å². The summed E-state index contributed by atoms with van der Waals surface area (Å²) in [7, 11) is 1.85. The summed E-state index contributed by atoms with van der Waals surface area (Å²) in [6.07, 6.45) is 4.67. The van der Waals surface area contributed by atoms with Gasteiger partial charge in [0.2, 0.25) is 0 Å². The Kier molecular flexibility index (Phi) is 4.93. The molecule has 2 heterocycles. The van der Waals surface area contributed by atoms with Crippen molar-refractivity contribution in [3.63, 3.8) is 0 Å². The van der Waals surface area contributed by atoms with Crippen LogP contribution < -0.4 is 0 Å². The average molecular weight is 335 g/mol. The van der Waals surface area contributed by atoms with Crippen molar-refractivity contribution in [3.8, 4) is 0 Å². The molecule has 2 aromatic rings. The van der Waals surface area contributed by atoms with E-state index in [1.54, 1.807) is 4.90 Å². The largest absolute Gasteiger partial charge is 0.378 e. The number of hydrogen-bond acceptors (Lipinski definition) is 2. The fourth-order valence-electron chi connectivity index (χ4n) is 3.18. The summed E-state index contributed by atoms with van der Waals surface area (Å²) in [5.41, 5.74) is 2.54. The molecule has 1 saturated heterocycles. The second-order valence-corrected chi connectivity index (χ2v) is 6.76.